The largest absolute Gasteiger partial charge is 0.0654 e. The first-order valence-corrected chi connectivity index (χ1v) is 5.41. The van der Waals surface area contributed by atoms with Crippen LogP contribution in [0.5, 0.6) is 0 Å². The van der Waals surface area contributed by atoms with Gasteiger partial charge in [0.15, 0.2) is 0 Å². The maximum Gasteiger partial charge on any atom is 0.0135 e. The molecule has 1 aromatic carbocycles. The first-order valence-electron chi connectivity index (χ1n) is 4.34. The molecule has 1 radical (unpaired) electrons. The third-order valence-corrected chi connectivity index (χ3v) is 2.46. The van der Waals surface area contributed by atoms with Crippen LogP contribution < -0.4 is 0 Å². The van der Waals surface area contributed by atoms with E-state index in [0.29, 0.717) is 0 Å². The standard InChI is InChI=1S/C11H14I/c1-3-4-5-10-6-9(2)7-11(12)8-10/h6-8H,2-5H2,1H3. The molecule has 0 fully saturated rings. The summed E-state index contributed by atoms with van der Waals surface area (Å²) in [5.74, 6) is 0. The van der Waals surface area contributed by atoms with Crippen LogP contribution in [0, 0.1) is 10.5 Å². The van der Waals surface area contributed by atoms with Crippen LogP contribution in [0.4, 0.5) is 0 Å². The Bertz CT molecular complexity index is 233. The van der Waals surface area contributed by atoms with Crippen LogP contribution >= 0.6 is 22.6 Å². The predicted octanol–water partition coefficient (Wildman–Crippen LogP) is 3.82. The normalized spacial score (nSPS) is 10.2. The molecule has 0 bridgehead atoms. The zero-order chi connectivity index (χ0) is 8.97. The average Bonchev–Trinajstić information content (AvgIpc) is 1.99. The molecule has 1 heteroatoms. The Kier molecular flexibility index (Phi) is 4.06. The van der Waals surface area contributed by atoms with Gasteiger partial charge in [0.05, 0.1) is 0 Å². The number of hydrogen-bond acceptors (Lipinski definition) is 0. The van der Waals surface area contributed by atoms with Crippen LogP contribution in [0.25, 0.3) is 0 Å². The number of rotatable bonds is 3. The third-order valence-electron chi connectivity index (χ3n) is 1.84. The number of halogens is 1. The Morgan fingerprint density at radius 2 is 2.08 bits per heavy atom. The minimum atomic E-state index is 1.13. The average molecular weight is 273 g/mol. The maximum absolute atomic E-state index is 3.95. The lowest BCUT2D eigenvalue weighted by atomic mass is 10.1. The molecule has 0 spiro atoms. The lowest BCUT2D eigenvalue weighted by Crippen LogP contribution is -1.87. The molecule has 0 aliphatic rings. The molecule has 0 unspecified atom stereocenters. The predicted molar refractivity (Wildman–Crippen MR) is 62.2 cm³/mol. The summed E-state index contributed by atoms with van der Waals surface area (Å²) >= 11 is 2.34. The van der Waals surface area contributed by atoms with Crippen molar-refractivity contribution in [3.8, 4) is 0 Å². The van der Waals surface area contributed by atoms with E-state index < -0.39 is 0 Å². The van der Waals surface area contributed by atoms with Crippen molar-refractivity contribution in [3.63, 3.8) is 0 Å². The van der Waals surface area contributed by atoms with E-state index in [0.717, 1.165) is 5.56 Å². The molecule has 0 aliphatic heterocycles. The van der Waals surface area contributed by atoms with E-state index in [1.165, 1.54) is 28.4 Å². The first kappa shape index (κ1) is 10.0. The third kappa shape index (κ3) is 3.13. The Balaban J connectivity index is 2.72. The van der Waals surface area contributed by atoms with Crippen LogP contribution in [-0.4, -0.2) is 0 Å². The molecule has 0 atom stereocenters. The van der Waals surface area contributed by atoms with Crippen molar-refractivity contribution >= 4 is 22.6 Å². The topological polar surface area (TPSA) is 0 Å². The van der Waals surface area contributed by atoms with E-state index in [-0.39, 0.29) is 0 Å². The number of unbranched alkanes of at least 4 members (excludes halogenated alkanes) is 1. The number of aryl methyl sites for hydroxylation is 1. The van der Waals surface area contributed by atoms with Gasteiger partial charge in [0, 0.05) is 3.57 Å². The summed E-state index contributed by atoms with van der Waals surface area (Å²) in [6, 6.07) is 6.53. The molecule has 0 heterocycles. The molecule has 0 aromatic heterocycles. The summed E-state index contributed by atoms with van der Waals surface area (Å²) in [6.07, 6.45) is 3.73. The highest BCUT2D eigenvalue weighted by Gasteiger charge is 1.95. The number of benzene rings is 1. The second-order valence-electron chi connectivity index (χ2n) is 3.07. The van der Waals surface area contributed by atoms with Crippen molar-refractivity contribution in [2.24, 2.45) is 0 Å². The van der Waals surface area contributed by atoms with Crippen molar-refractivity contribution in [2.75, 3.05) is 0 Å². The van der Waals surface area contributed by atoms with Gasteiger partial charge in [0.2, 0.25) is 0 Å². The lowest BCUT2D eigenvalue weighted by Gasteiger charge is -2.02. The summed E-state index contributed by atoms with van der Waals surface area (Å²) < 4.78 is 1.30. The van der Waals surface area contributed by atoms with E-state index in [2.05, 4.69) is 54.6 Å². The van der Waals surface area contributed by atoms with Gasteiger partial charge in [-0.25, -0.2) is 0 Å². The monoisotopic (exact) mass is 273 g/mol. The smallest absolute Gasteiger partial charge is 0.0135 e. The molecule has 0 N–H and O–H groups in total. The van der Waals surface area contributed by atoms with E-state index in [1.54, 1.807) is 0 Å². The molecule has 0 saturated carbocycles. The molecule has 12 heavy (non-hydrogen) atoms. The summed E-state index contributed by atoms with van der Waals surface area (Å²) in [5.41, 5.74) is 2.56. The molecule has 0 saturated heterocycles. The summed E-state index contributed by atoms with van der Waals surface area (Å²) in [7, 11) is 0. The van der Waals surface area contributed by atoms with Crippen LogP contribution in [-0.2, 0) is 6.42 Å². The van der Waals surface area contributed by atoms with Gasteiger partial charge < -0.3 is 0 Å². The van der Waals surface area contributed by atoms with Crippen molar-refractivity contribution in [1.82, 2.24) is 0 Å². The summed E-state index contributed by atoms with van der Waals surface area (Å²) in [6.45, 7) is 6.17. The zero-order valence-corrected chi connectivity index (χ0v) is 9.60. The first-order chi connectivity index (χ1) is 5.72. The fourth-order valence-corrected chi connectivity index (χ4v) is 2.04. The second kappa shape index (κ2) is 4.85. The Hall–Kier alpha value is -0.0500. The fraction of sp³-hybridized carbons (Fsp3) is 0.364. The van der Waals surface area contributed by atoms with Crippen molar-refractivity contribution in [1.29, 1.82) is 0 Å². The van der Waals surface area contributed by atoms with Crippen LogP contribution in [0.1, 0.15) is 30.9 Å². The van der Waals surface area contributed by atoms with E-state index in [4.69, 9.17) is 0 Å². The summed E-state index contributed by atoms with van der Waals surface area (Å²) in [4.78, 5) is 0. The van der Waals surface area contributed by atoms with Gasteiger partial charge in [-0.3, -0.25) is 0 Å². The van der Waals surface area contributed by atoms with E-state index in [1.807, 2.05) is 0 Å². The van der Waals surface area contributed by atoms with Gasteiger partial charge in [0.1, 0.15) is 0 Å². The van der Waals surface area contributed by atoms with Gasteiger partial charge in [-0.2, -0.15) is 0 Å². The van der Waals surface area contributed by atoms with Crippen molar-refractivity contribution in [2.45, 2.75) is 26.2 Å². The van der Waals surface area contributed by atoms with Gasteiger partial charge in [-0.15, -0.1) is 0 Å². The van der Waals surface area contributed by atoms with Crippen molar-refractivity contribution < 1.29 is 0 Å². The van der Waals surface area contributed by atoms with Gasteiger partial charge in [-0.1, -0.05) is 19.4 Å². The highest BCUT2D eigenvalue weighted by atomic mass is 127. The van der Waals surface area contributed by atoms with Crippen LogP contribution in [0.3, 0.4) is 0 Å². The molecule has 1 aromatic rings. The van der Waals surface area contributed by atoms with Gasteiger partial charge in [0.25, 0.3) is 0 Å². The van der Waals surface area contributed by atoms with Crippen LogP contribution in [0.15, 0.2) is 18.2 Å². The van der Waals surface area contributed by atoms with Crippen LogP contribution in [0.2, 0.25) is 0 Å². The highest BCUT2D eigenvalue weighted by Crippen LogP contribution is 2.13. The molecule has 1 rings (SSSR count). The quantitative estimate of drug-likeness (QED) is 0.734. The minimum absolute atomic E-state index is 1.13. The summed E-state index contributed by atoms with van der Waals surface area (Å²) in [5, 5.41) is 0. The van der Waals surface area contributed by atoms with Gasteiger partial charge >= 0.3 is 0 Å². The molecular formula is C11H14I. The minimum Gasteiger partial charge on any atom is -0.0654 e. The maximum atomic E-state index is 3.95. The molecule has 0 amide bonds. The molecule has 65 valence electrons. The lowest BCUT2D eigenvalue weighted by molar-refractivity contribution is 0.794. The molecule has 0 aliphatic carbocycles. The highest BCUT2D eigenvalue weighted by molar-refractivity contribution is 14.1. The van der Waals surface area contributed by atoms with Crippen molar-refractivity contribution in [3.05, 3.63) is 39.8 Å². The van der Waals surface area contributed by atoms with E-state index in [9.17, 15) is 0 Å². The second-order valence-corrected chi connectivity index (χ2v) is 4.32. The fourth-order valence-electron chi connectivity index (χ4n) is 1.24. The Labute approximate surface area is 88.5 Å². The SMILES string of the molecule is [CH2]c1cc(I)cc(CCCC)c1. The molecular weight excluding hydrogens is 259 g/mol. The Morgan fingerprint density at radius 1 is 1.33 bits per heavy atom. The van der Waals surface area contributed by atoms with Gasteiger partial charge in [-0.05, 0) is 65.6 Å². The number of hydrogen-bond donors (Lipinski definition) is 0. The zero-order valence-electron chi connectivity index (χ0n) is 7.44. The molecule has 0 nitrogen and oxygen atoms in total. The Morgan fingerprint density at radius 3 is 2.67 bits per heavy atom. The van der Waals surface area contributed by atoms with E-state index >= 15 is 0 Å².